The summed E-state index contributed by atoms with van der Waals surface area (Å²) in [6, 6.07) is 16.6. The molecule has 2 nitrogen and oxygen atoms in total. The Kier molecular flexibility index (Phi) is 2.53. The Labute approximate surface area is 142 Å². The molecule has 1 N–H and O–H groups in total. The van der Waals surface area contributed by atoms with E-state index in [-0.39, 0.29) is 0 Å². The van der Waals surface area contributed by atoms with Crippen LogP contribution < -0.4 is 0 Å². The second kappa shape index (κ2) is 4.37. The van der Waals surface area contributed by atoms with E-state index in [1.165, 1.54) is 5.39 Å². The number of hydrogen-bond donors (Lipinski definition) is 1. The van der Waals surface area contributed by atoms with Gasteiger partial charge in [-0.1, -0.05) is 34.1 Å². The lowest BCUT2D eigenvalue weighted by atomic mass is 10.1. The topological polar surface area (TPSA) is 28.9 Å². The summed E-state index contributed by atoms with van der Waals surface area (Å²) >= 11 is 7.27. The molecule has 5 aromatic rings. The van der Waals surface area contributed by atoms with Crippen LogP contribution in [0.3, 0.4) is 0 Å². The maximum absolute atomic E-state index is 6.13. The van der Waals surface area contributed by atoms with Crippen LogP contribution >= 0.6 is 31.9 Å². The zero-order valence-electron chi connectivity index (χ0n) is 11.3. The van der Waals surface area contributed by atoms with Gasteiger partial charge in [-0.15, -0.1) is 0 Å². The molecule has 5 rings (SSSR count). The molecule has 0 unspecified atom stereocenters. The molecule has 3 aromatic carbocycles. The van der Waals surface area contributed by atoms with Gasteiger partial charge in [-0.2, -0.15) is 0 Å². The Morgan fingerprint density at radius 2 is 1.73 bits per heavy atom. The van der Waals surface area contributed by atoms with Gasteiger partial charge in [-0.3, -0.25) is 0 Å². The Hall–Kier alpha value is -1.78. The molecule has 22 heavy (non-hydrogen) atoms. The zero-order chi connectivity index (χ0) is 14.8. The van der Waals surface area contributed by atoms with Crippen molar-refractivity contribution in [3.8, 4) is 0 Å². The molecule has 0 fully saturated rings. The highest BCUT2D eigenvalue weighted by Gasteiger charge is 2.16. The standard InChI is InChI=1S/C18H9Br2NO/c19-9-5-6-14-11(7-9)12-8-13(20)16-10-3-1-2-4-15(10)22-18(16)17(12)21-14/h1-8,21H. The minimum Gasteiger partial charge on any atom is -0.454 e. The molecule has 0 spiro atoms. The average molecular weight is 415 g/mol. The lowest BCUT2D eigenvalue weighted by Crippen LogP contribution is -1.73. The molecular weight excluding hydrogens is 406 g/mol. The molecular formula is C18H9Br2NO. The Morgan fingerprint density at radius 3 is 2.64 bits per heavy atom. The van der Waals surface area contributed by atoms with Crippen LogP contribution in [0.5, 0.6) is 0 Å². The summed E-state index contributed by atoms with van der Waals surface area (Å²) in [5, 5.41) is 4.60. The van der Waals surface area contributed by atoms with Crippen molar-refractivity contribution in [2.75, 3.05) is 0 Å². The maximum atomic E-state index is 6.13. The fourth-order valence-electron chi connectivity index (χ4n) is 3.17. The molecule has 0 atom stereocenters. The van der Waals surface area contributed by atoms with Gasteiger partial charge in [0.25, 0.3) is 0 Å². The molecule has 2 heterocycles. The molecule has 0 amide bonds. The molecule has 0 radical (unpaired) electrons. The average Bonchev–Trinajstić information content (AvgIpc) is 3.06. The number of halogens is 2. The third-order valence-electron chi connectivity index (χ3n) is 4.13. The first-order valence-electron chi connectivity index (χ1n) is 6.93. The lowest BCUT2D eigenvalue weighted by molar-refractivity contribution is 0.672. The summed E-state index contributed by atoms with van der Waals surface area (Å²) in [6.07, 6.45) is 0. The van der Waals surface area contributed by atoms with Gasteiger partial charge in [0.1, 0.15) is 5.58 Å². The van der Waals surface area contributed by atoms with E-state index in [1.807, 2.05) is 24.3 Å². The van der Waals surface area contributed by atoms with E-state index >= 15 is 0 Å². The van der Waals surface area contributed by atoms with Gasteiger partial charge in [-0.25, -0.2) is 0 Å². The van der Waals surface area contributed by atoms with Gasteiger partial charge in [0.2, 0.25) is 0 Å². The predicted octanol–water partition coefficient (Wildman–Crippen LogP) is 6.75. The van der Waals surface area contributed by atoms with Crippen LogP contribution in [-0.4, -0.2) is 4.98 Å². The number of aromatic amines is 1. The molecule has 0 saturated carbocycles. The van der Waals surface area contributed by atoms with Crippen molar-refractivity contribution in [1.29, 1.82) is 0 Å². The number of furan rings is 1. The smallest absolute Gasteiger partial charge is 0.160 e. The first-order valence-corrected chi connectivity index (χ1v) is 8.51. The van der Waals surface area contributed by atoms with Crippen molar-refractivity contribution in [3.63, 3.8) is 0 Å². The second-order valence-corrected chi connectivity index (χ2v) is 7.17. The Bertz CT molecular complexity index is 1200. The molecule has 0 aliphatic carbocycles. The largest absolute Gasteiger partial charge is 0.454 e. The van der Waals surface area contributed by atoms with Crippen LogP contribution in [-0.2, 0) is 0 Å². The lowest BCUT2D eigenvalue weighted by Gasteiger charge is -1.97. The van der Waals surface area contributed by atoms with Crippen molar-refractivity contribution in [3.05, 3.63) is 57.5 Å². The zero-order valence-corrected chi connectivity index (χ0v) is 14.5. The first kappa shape index (κ1) is 12.7. The summed E-state index contributed by atoms with van der Waals surface area (Å²) in [7, 11) is 0. The minimum absolute atomic E-state index is 0.901. The quantitative estimate of drug-likeness (QED) is 0.298. The van der Waals surface area contributed by atoms with Crippen LogP contribution in [0, 0.1) is 0 Å². The normalized spacial score (nSPS) is 12.1. The Morgan fingerprint density at radius 1 is 0.864 bits per heavy atom. The predicted molar refractivity (Wildman–Crippen MR) is 98.5 cm³/mol. The fourth-order valence-corrected chi connectivity index (χ4v) is 4.16. The van der Waals surface area contributed by atoms with Crippen molar-refractivity contribution in [2.24, 2.45) is 0 Å². The van der Waals surface area contributed by atoms with E-state index < -0.39 is 0 Å². The van der Waals surface area contributed by atoms with Gasteiger partial charge < -0.3 is 9.40 Å². The SMILES string of the molecule is Brc1ccc2[nH]c3c(cc(Br)c4c5ccccc5oc34)c2c1. The summed E-state index contributed by atoms with van der Waals surface area (Å²) in [6.45, 7) is 0. The number of hydrogen-bond acceptors (Lipinski definition) is 1. The summed E-state index contributed by atoms with van der Waals surface area (Å²) < 4.78 is 8.26. The number of para-hydroxylation sites is 1. The van der Waals surface area contributed by atoms with Gasteiger partial charge in [0, 0.05) is 36.0 Å². The van der Waals surface area contributed by atoms with E-state index in [9.17, 15) is 0 Å². The minimum atomic E-state index is 0.901. The van der Waals surface area contributed by atoms with Crippen LogP contribution in [0.15, 0.2) is 61.9 Å². The molecule has 4 heteroatoms. The highest BCUT2D eigenvalue weighted by atomic mass is 79.9. The number of H-pyrrole nitrogens is 1. The molecule has 106 valence electrons. The first-order chi connectivity index (χ1) is 10.7. The number of rotatable bonds is 0. The maximum Gasteiger partial charge on any atom is 0.160 e. The number of nitrogens with one attached hydrogen (secondary N) is 1. The van der Waals surface area contributed by atoms with E-state index in [4.69, 9.17) is 4.42 Å². The van der Waals surface area contributed by atoms with Crippen LogP contribution in [0.25, 0.3) is 43.7 Å². The number of fused-ring (bicyclic) bond motifs is 7. The third kappa shape index (κ3) is 1.59. The molecule has 2 aromatic heterocycles. The molecule has 0 aliphatic heterocycles. The number of aromatic nitrogens is 1. The van der Waals surface area contributed by atoms with E-state index in [2.05, 4.69) is 61.1 Å². The van der Waals surface area contributed by atoms with E-state index in [1.54, 1.807) is 0 Å². The van der Waals surface area contributed by atoms with Gasteiger partial charge in [-0.05, 0) is 46.3 Å². The van der Waals surface area contributed by atoms with Crippen LogP contribution in [0.1, 0.15) is 0 Å². The molecule has 0 bridgehead atoms. The van der Waals surface area contributed by atoms with Crippen molar-refractivity contribution in [2.45, 2.75) is 0 Å². The van der Waals surface area contributed by atoms with E-state index in [0.29, 0.717) is 0 Å². The van der Waals surface area contributed by atoms with Crippen molar-refractivity contribution >= 4 is 75.6 Å². The monoisotopic (exact) mass is 413 g/mol. The van der Waals surface area contributed by atoms with Gasteiger partial charge in [0.15, 0.2) is 5.58 Å². The highest BCUT2D eigenvalue weighted by Crippen LogP contribution is 2.41. The summed E-state index contributed by atoms with van der Waals surface area (Å²) in [5.74, 6) is 0. The summed E-state index contributed by atoms with van der Waals surface area (Å²) in [5.41, 5.74) is 3.96. The fraction of sp³-hybridized carbons (Fsp3) is 0. The van der Waals surface area contributed by atoms with Gasteiger partial charge >= 0.3 is 0 Å². The van der Waals surface area contributed by atoms with Crippen molar-refractivity contribution in [1.82, 2.24) is 4.98 Å². The Balaban J connectivity index is 2.10. The summed E-state index contributed by atoms with van der Waals surface area (Å²) in [4.78, 5) is 3.50. The number of benzene rings is 3. The van der Waals surface area contributed by atoms with Gasteiger partial charge in [0.05, 0.1) is 5.52 Å². The van der Waals surface area contributed by atoms with Crippen LogP contribution in [0.4, 0.5) is 0 Å². The third-order valence-corrected chi connectivity index (χ3v) is 5.25. The van der Waals surface area contributed by atoms with E-state index in [0.717, 1.165) is 47.3 Å². The van der Waals surface area contributed by atoms with Crippen molar-refractivity contribution < 1.29 is 4.42 Å². The van der Waals surface area contributed by atoms with Crippen LogP contribution in [0.2, 0.25) is 0 Å². The highest BCUT2D eigenvalue weighted by molar-refractivity contribution is 9.11. The molecule has 0 aliphatic rings. The molecule has 0 saturated heterocycles. The second-order valence-electron chi connectivity index (χ2n) is 5.40.